The van der Waals surface area contributed by atoms with Crippen LogP contribution in [0.25, 0.3) is 0 Å². The lowest BCUT2D eigenvalue weighted by molar-refractivity contribution is -0.148. The van der Waals surface area contributed by atoms with Crippen LogP contribution in [-0.4, -0.2) is 87.3 Å². The molecule has 1 saturated heterocycles. The number of carboxylic acid groups (broad SMARTS) is 2. The minimum absolute atomic E-state index is 0.0477. The molecule has 15 nitrogen and oxygen atoms in total. The maximum Gasteiger partial charge on any atom is 0.326 e. The molecule has 32 heavy (non-hydrogen) atoms. The van der Waals surface area contributed by atoms with Crippen molar-refractivity contribution >= 4 is 41.5 Å². The van der Waals surface area contributed by atoms with Crippen molar-refractivity contribution in [2.45, 2.75) is 56.3 Å². The normalized spacial score (nSPS) is 18.2. The van der Waals surface area contributed by atoms with Crippen LogP contribution in [0.1, 0.15) is 32.1 Å². The summed E-state index contributed by atoms with van der Waals surface area (Å²) in [5, 5.41) is 22.2. The minimum atomic E-state index is -1.72. The third-order valence-electron chi connectivity index (χ3n) is 4.61. The van der Waals surface area contributed by atoms with Crippen molar-refractivity contribution in [1.29, 1.82) is 0 Å². The van der Waals surface area contributed by atoms with Crippen molar-refractivity contribution in [1.82, 2.24) is 15.5 Å². The van der Waals surface area contributed by atoms with Crippen LogP contribution in [0.2, 0.25) is 0 Å². The number of amides is 5. The number of carbonyl (C=O) groups excluding carboxylic acids is 5. The molecule has 0 saturated carbocycles. The lowest BCUT2D eigenvalue weighted by atomic mass is 10.1. The van der Waals surface area contributed by atoms with Gasteiger partial charge in [-0.3, -0.25) is 28.8 Å². The van der Waals surface area contributed by atoms with Gasteiger partial charge in [-0.25, -0.2) is 4.79 Å². The molecular weight excluding hydrogens is 432 g/mol. The van der Waals surface area contributed by atoms with Crippen molar-refractivity contribution in [3.63, 3.8) is 0 Å². The molecule has 0 spiro atoms. The molecule has 10 N–H and O–H groups in total. The molecule has 0 aromatic carbocycles. The molecule has 5 amide bonds. The van der Waals surface area contributed by atoms with Crippen LogP contribution in [0.3, 0.4) is 0 Å². The standard InChI is InChI=1S/C17H26N6O9/c18-7(4-11(19)24)14(28)21-8(5-12(20)25)16(30)23-3-1-2-10(23)15(29)22-9(17(31)32)6-13(26)27/h7-10H,1-6,18H2,(H2,19,24)(H2,20,25)(H,21,28)(H,22,29)(H,26,27)(H,31,32). The highest BCUT2D eigenvalue weighted by Crippen LogP contribution is 2.20. The Hall–Kier alpha value is -3.75. The van der Waals surface area contributed by atoms with Crippen LogP contribution in [-0.2, 0) is 33.6 Å². The number of nitrogens with one attached hydrogen (secondary N) is 2. The minimum Gasteiger partial charge on any atom is -0.481 e. The summed E-state index contributed by atoms with van der Waals surface area (Å²) in [6.45, 7) is 0.0477. The van der Waals surface area contributed by atoms with E-state index in [-0.39, 0.29) is 13.0 Å². The summed E-state index contributed by atoms with van der Waals surface area (Å²) in [7, 11) is 0. The number of hydrogen-bond donors (Lipinski definition) is 7. The zero-order chi connectivity index (χ0) is 24.6. The van der Waals surface area contributed by atoms with Gasteiger partial charge in [0, 0.05) is 6.54 Å². The van der Waals surface area contributed by atoms with E-state index in [1.807, 2.05) is 0 Å². The number of primary amides is 2. The van der Waals surface area contributed by atoms with Gasteiger partial charge in [-0.2, -0.15) is 0 Å². The molecule has 0 aliphatic carbocycles. The second kappa shape index (κ2) is 11.6. The fraction of sp³-hybridized carbons (Fsp3) is 0.588. The Balaban J connectivity index is 2.97. The van der Waals surface area contributed by atoms with Crippen molar-refractivity contribution in [3.8, 4) is 0 Å². The van der Waals surface area contributed by atoms with Gasteiger partial charge in [0.15, 0.2) is 0 Å². The zero-order valence-corrected chi connectivity index (χ0v) is 17.0. The van der Waals surface area contributed by atoms with Crippen molar-refractivity contribution in [2.75, 3.05) is 6.54 Å². The molecule has 0 bridgehead atoms. The van der Waals surface area contributed by atoms with E-state index in [9.17, 15) is 33.6 Å². The highest BCUT2D eigenvalue weighted by Gasteiger charge is 2.39. The zero-order valence-electron chi connectivity index (χ0n) is 17.0. The second-order valence-corrected chi connectivity index (χ2v) is 7.20. The number of carbonyl (C=O) groups is 7. The molecule has 1 aliphatic rings. The molecule has 0 aromatic heterocycles. The van der Waals surface area contributed by atoms with E-state index >= 15 is 0 Å². The summed E-state index contributed by atoms with van der Waals surface area (Å²) in [5.41, 5.74) is 15.6. The first-order chi connectivity index (χ1) is 14.8. The van der Waals surface area contributed by atoms with E-state index in [0.717, 1.165) is 4.90 Å². The predicted octanol–water partition coefficient (Wildman–Crippen LogP) is -4.42. The SMILES string of the molecule is NC(=O)CC(N)C(=O)NC(CC(N)=O)C(=O)N1CCCC1C(=O)NC(CC(=O)O)C(=O)O. The van der Waals surface area contributed by atoms with Crippen LogP contribution in [0, 0.1) is 0 Å². The van der Waals surface area contributed by atoms with Crippen LogP contribution < -0.4 is 27.8 Å². The molecule has 1 rings (SSSR count). The largest absolute Gasteiger partial charge is 0.481 e. The van der Waals surface area contributed by atoms with Gasteiger partial charge < -0.3 is 42.9 Å². The summed E-state index contributed by atoms with van der Waals surface area (Å²) < 4.78 is 0. The summed E-state index contributed by atoms with van der Waals surface area (Å²) in [6.07, 6.45) is -1.54. The molecule has 1 fully saturated rings. The Morgan fingerprint density at radius 2 is 1.50 bits per heavy atom. The van der Waals surface area contributed by atoms with E-state index in [2.05, 4.69) is 10.6 Å². The highest BCUT2D eigenvalue weighted by atomic mass is 16.4. The highest BCUT2D eigenvalue weighted by molar-refractivity contribution is 5.97. The first-order valence-electron chi connectivity index (χ1n) is 9.51. The molecule has 1 aliphatic heterocycles. The Morgan fingerprint density at radius 1 is 0.906 bits per heavy atom. The Labute approximate surface area is 181 Å². The average Bonchev–Trinajstić information content (AvgIpc) is 3.14. The fourth-order valence-electron chi connectivity index (χ4n) is 3.14. The van der Waals surface area contributed by atoms with E-state index in [1.165, 1.54) is 0 Å². The number of hydrogen-bond acceptors (Lipinski definition) is 8. The molecule has 4 atom stereocenters. The van der Waals surface area contributed by atoms with Gasteiger partial charge in [0.25, 0.3) is 0 Å². The summed E-state index contributed by atoms with van der Waals surface area (Å²) in [4.78, 5) is 83.0. The molecule has 0 aromatic rings. The molecule has 178 valence electrons. The first-order valence-corrected chi connectivity index (χ1v) is 9.51. The molecule has 0 radical (unpaired) electrons. The number of carboxylic acids is 2. The van der Waals surface area contributed by atoms with Gasteiger partial charge in [-0.15, -0.1) is 0 Å². The molecule has 1 heterocycles. The topological polar surface area (TPSA) is 265 Å². The maximum absolute atomic E-state index is 13.0. The van der Waals surface area contributed by atoms with E-state index in [1.54, 1.807) is 0 Å². The third kappa shape index (κ3) is 7.82. The predicted molar refractivity (Wildman–Crippen MR) is 104 cm³/mol. The number of rotatable bonds is 12. The van der Waals surface area contributed by atoms with E-state index < -0.39 is 84.9 Å². The molecule has 4 unspecified atom stereocenters. The average molecular weight is 458 g/mol. The third-order valence-corrected chi connectivity index (χ3v) is 4.61. The van der Waals surface area contributed by atoms with E-state index in [4.69, 9.17) is 27.4 Å². The summed E-state index contributed by atoms with van der Waals surface area (Å²) in [5.74, 6) is -7.54. The number of nitrogens with two attached hydrogens (primary N) is 3. The maximum atomic E-state index is 13.0. The Kier molecular flexibility index (Phi) is 9.52. The van der Waals surface area contributed by atoms with Crippen LogP contribution in [0.15, 0.2) is 0 Å². The van der Waals surface area contributed by atoms with Gasteiger partial charge in [0.05, 0.1) is 25.3 Å². The number of nitrogens with zero attached hydrogens (tertiary/aromatic N) is 1. The van der Waals surface area contributed by atoms with Gasteiger partial charge in [0.2, 0.25) is 29.5 Å². The lowest BCUT2D eigenvalue weighted by Gasteiger charge is -2.29. The molecule has 15 heteroatoms. The molecular formula is C17H26N6O9. The quantitative estimate of drug-likeness (QED) is 0.147. The monoisotopic (exact) mass is 458 g/mol. The van der Waals surface area contributed by atoms with Crippen LogP contribution in [0.4, 0.5) is 0 Å². The Bertz CT molecular complexity index is 801. The van der Waals surface area contributed by atoms with E-state index in [0.29, 0.717) is 6.42 Å². The van der Waals surface area contributed by atoms with Crippen molar-refractivity contribution in [2.24, 2.45) is 17.2 Å². The number of aliphatic carboxylic acids is 2. The van der Waals surface area contributed by atoms with Crippen LogP contribution >= 0.6 is 0 Å². The van der Waals surface area contributed by atoms with Crippen LogP contribution in [0.5, 0.6) is 0 Å². The van der Waals surface area contributed by atoms with Gasteiger partial charge in [-0.05, 0) is 12.8 Å². The Morgan fingerprint density at radius 3 is 2.00 bits per heavy atom. The summed E-state index contributed by atoms with van der Waals surface area (Å²) in [6, 6.07) is -5.77. The van der Waals surface area contributed by atoms with Crippen molar-refractivity contribution in [3.05, 3.63) is 0 Å². The number of likely N-dealkylation sites (tertiary alicyclic amines) is 1. The smallest absolute Gasteiger partial charge is 0.326 e. The van der Waals surface area contributed by atoms with Gasteiger partial charge in [-0.1, -0.05) is 0 Å². The second-order valence-electron chi connectivity index (χ2n) is 7.20. The van der Waals surface area contributed by atoms with Crippen molar-refractivity contribution < 1.29 is 43.8 Å². The van der Waals surface area contributed by atoms with Gasteiger partial charge in [0.1, 0.15) is 18.1 Å². The fourth-order valence-corrected chi connectivity index (χ4v) is 3.14. The lowest BCUT2D eigenvalue weighted by Crippen LogP contribution is -2.57. The summed E-state index contributed by atoms with van der Waals surface area (Å²) >= 11 is 0. The van der Waals surface area contributed by atoms with Gasteiger partial charge >= 0.3 is 11.9 Å². The first kappa shape index (κ1) is 26.3.